The van der Waals surface area contributed by atoms with E-state index in [9.17, 15) is 5.26 Å². The number of rotatable bonds is 13. The smallest absolute Gasteiger partial charge is 0.0658 e. The van der Waals surface area contributed by atoms with E-state index >= 15 is 0 Å². The molecule has 3 rings (SSSR count). The average molecular weight is 450 g/mol. The molecule has 2 aliphatic rings. The third-order valence-electron chi connectivity index (χ3n) is 9.05. The molecule has 0 amide bonds. The fourth-order valence-electron chi connectivity index (χ4n) is 6.70. The number of benzene rings is 1. The SMILES string of the molecule is CCCCCCCc1ccc(C2CCC(CC(C#N)C3CCC(CCCC)CC3)CC2)cc1. The van der Waals surface area contributed by atoms with Gasteiger partial charge in [-0.3, -0.25) is 0 Å². The molecule has 2 saturated carbocycles. The number of aryl methyl sites for hydroxylation is 1. The van der Waals surface area contributed by atoms with E-state index in [1.807, 2.05) is 0 Å². The highest BCUT2D eigenvalue weighted by molar-refractivity contribution is 5.26. The number of hydrogen-bond acceptors (Lipinski definition) is 1. The molecule has 0 aromatic heterocycles. The Morgan fingerprint density at radius 2 is 1.39 bits per heavy atom. The highest BCUT2D eigenvalue weighted by Gasteiger charge is 2.31. The van der Waals surface area contributed by atoms with E-state index in [4.69, 9.17) is 0 Å². The van der Waals surface area contributed by atoms with Crippen LogP contribution in [-0.4, -0.2) is 0 Å². The van der Waals surface area contributed by atoms with Crippen molar-refractivity contribution < 1.29 is 0 Å². The lowest BCUT2D eigenvalue weighted by Gasteiger charge is -2.34. The second-order valence-corrected chi connectivity index (χ2v) is 11.5. The summed E-state index contributed by atoms with van der Waals surface area (Å²) in [5.41, 5.74) is 3.08. The first kappa shape index (κ1) is 26.3. The zero-order valence-electron chi connectivity index (χ0n) is 21.9. The number of nitriles is 1. The molecule has 184 valence electrons. The van der Waals surface area contributed by atoms with Crippen molar-refractivity contribution in [2.24, 2.45) is 23.7 Å². The molecule has 2 aliphatic carbocycles. The Kier molecular flexibility index (Phi) is 11.9. The fraction of sp³-hybridized carbons (Fsp3) is 0.781. The Morgan fingerprint density at radius 1 is 0.758 bits per heavy atom. The average Bonchev–Trinajstić information content (AvgIpc) is 2.87. The first-order chi connectivity index (χ1) is 16.2. The normalized spacial score (nSPS) is 26.6. The van der Waals surface area contributed by atoms with Gasteiger partial charge in [-0.2, -0.15) is 5.26 Å². The van der Waals surface area contributed by atoms with Gasteiger partial charge >= 0.3 is 0 Å². The van der Waals surface area contributed by atoms with Crippen molar-refractivity contribution in [1.29, 1.82) is 5.26 Å². The van der Waals surface area contributed by atoms with Crippen molar-refractivity contribution in [3.63, 3.8) is 0 Å². The quantitative estimate of drug-likeness (QED) is 0.275. The van der Waals surface area contributed by atoms with Crippen molar-refractivity contribution in [3.05, 3.63) is 35.4 Å². The van der Waals surface area contributed by atoms with Crippen LogP contribution in [0.1, 0.15) is 140 Å². The Morgan fingerprint density at radius 3 is 2.03 bits per heavy atom. The summed E-state index contributed by atoms with van der Waals surface area (Å²) < 4.78 is 0. The minimum Gasteiger partial charge on any atom is -0.198 e. The molecular formula is C32H51N. The summed E-state index contributed by atoms with van der Waals surface area (Å²) in [6.07, 6.45) is 24.1. The molecule has 1 unspecified atom stereocenters. The molecule has 1 heteroatoms. The minimum atomic E-state index is 0.315. The Hall–Kier alpha value is -1.29. The van der Waals surface area contributed by atoms with Gasteiger partial charge in [0.1, 0.15) is 0 Å². The van der Waals surface area contributed by atoms with Crippen LogP contribution < -0.4 is 0 Å². The number of unbranched alkanes of at least 4 members (excludes halogenated alkanes) is 5. The molecule has 1 atom stereocenters. The minimum absolute atomic E-state index is 0.315. The van der Waals surface area contributed by atoms with Gasteiger partial charge in [-0.15, -0.1) is 0 Å². The molecule has 0 heterocycles. The fourth-order valence-corrected chi connectivity index (χ4v) is 6.70. The van der Waals surface area contributed by atoms with Gasteiger partial charge in [0.05, 0.1) is 6.07 Å². The second kappa shape index (κ2) is 14.9. The van der Waals surface area contributed by atoms with Crippen molar-refractivity contribution >= 4 is 0 Å². The molecule has 2 fully saturated rings. The molecular weight excluding hydrogens is 398 g/mol. The van der Waals surface area contributed by atoms with Crippen LogP contribution in [0.25, 0.3) is 0 Å². The van der Waals surface area contributed by atoms with Gasteiger partial charge in [0.2, 0.25) is 0 Å². The zero-order chi connectivity index (χ0) is 23.3. The van der Waals surface area contributed by atoms with Crippen molar-refractivity contribution in [1.82, 2.24) is 0 Å². The molecule has 0 spiro atoms. The maximum absolute atomic E-state index is 9.93. The van der Waals surface area contributed by atoms with Gasteiger partial charge in [0.15, 0.2) is 0 Å². The summed E-state index contributed by atoms with van der Waals surface area (Å²) >= 11 is 0. The molecule has 0 bridgehead atoms. The maximum Gasteiger partial charge on any atom is 0.0658 e. The molecule has 1 aromatic rings. The number of nitrogens with zero attached hydrogens (tertiary/aromatic N) is 1. The van der Waals surface area contributed by atoms with Gasteiger partial charge in [-0.1, -0.05) is 95.9 Å². The van der Waals surface area contributed by atoms with E-state index in [0.29, 0.717) is 11.8 Å². The predicted molar refractivity (Wildman–Crippen MR) is 142 cm³/mol. The van der Waals surface area contributed by atoms with Crippen LogP contribution in [0.3, 0.4) is 0 Å². The summed E-state index contributed by atoms with van der Waals surface area (Å²) in [4.78, 5) is 0. The van der Waals surface area contributed by atoms with E-state index in [1.165, 1.54) is 121 Å². The third-order valence-corrected chi connectivity index (χ3v) is 9.05. The van der Waals surface area contributed by atoms with Crippen LogP contribution in [0.15, 0.2) is 24.3 Å². The van der Waals surface area contributed by atoms with E-state index in [-0.39, 0.29) is 0 Å². The van der Waals surface area contributed by atoms with Crippen molar-refractivity contribution in [3.8, 4) is 6.07 Å². The third kappa shape index (κ3) is 8.77. The van der Waals surface area contributed by atoms with Crippen LogP contribution in [0.5, 0.6) is 0 Å². The van der Waals surface area contributed by atoms with Gasteiger partial charge in [0, 0.05) is 5.92 Å². The molecule has 33 heavy (non-hydrogen) atoms. The summed E-state index contributed by atoms with van der Waals surface area (Å²) in [7, 11) is 0. The lowest BCUT2D eigenvalue weighted by Crippen LogP contribution is -2.24. The lowest BCUT2D eigenvalue weighted by atomic mass is 9.70. The second-order valence-electron chi connectivity index (χ2n) is 11.5. The molecule has 0 saturated heterocycles. The largest absolute Gasteiger partial charge is 0.198 e. The van der Waals surface area contributed by atoms with Crippen LogP contribution in [-0.2, 0) is 6.42 Å². The maximum atomic E-state index is 9.93. The summed E-state index contributed by atoms with van der Waals surface area (Å²) in [6.45, 7) is 4.59. The molecule has 0 radical (unpaired) electrons. The molecule has 0 aliphatic heterocycles. The highest BCUT2D eigenvalue weighted by Crippen LogP contribution is 2.42. The predicted octanol–water partition coefficient (Wildman–Crippen LogP) is 10.00. The van der Waals surface area contributed by atoms with Crippen LogP contribution in [0, 0.1) is 35.0 Å². The Balaban J connectivity index is 1.37. The Labute approximate surface area is 205 Å². The highest BCUT2D eigenvalue weighted by atomic mass is 14.4. The topological polar surface area (TPSA) is 23.8 Å². The summed E-state index contributed by atoms with van der Waals surface area (Å²) in [6, 6.07) is 12.4. The van der Waals surface area contributed by atoms with Crippen LogP contribution in [0.4, 0.5) is 0 Å². The van der Waals surface area contributed by atoms with Gasteiger partial charge in [-0.25, -0.2) is 0 Å². The zero-order valence-corrected chi connectivity index (χ0v) is 21.9. The van der Waals surface area contributed by atoms with E-state index in [0.717, 1.165) is 17.8 Å². The first-order valence-corrected chi connectivity index (χ1v) is 14.7. The van der Waals surface area contributed by atoms with Crippen molar-refractivity contribution in [2.45, 2.75) is 135 Å². The first-order valence-electron chi connectivity index (χ1n) is 14.7. The molecule has 1 aromatic carbocycles. The molecule has 0 N–H and O–H groups in total. The standard InChI is InChI=1S/C32H51N/c1-3-5-7-8-9-11-27-12-18-29(19-13-27)30-22-16-28(17-23-30)24-32(25-33)31-20-14-26(15-21-31)10-6-4-2/h12-13,18-19,26,28,30-32H,3-11,14-17,20-24H2,1-2H3. The number of hydrogen-bond donors (Lipinski definition) is 0. The summed E-state index contributed by atoms with van der Waals surface area (Å²) in [5.74, 6) is 3.47. The Bertz CT molecular complexity index is 667. The van der Waals surface area contributed by atoms with E-state index in [1.54, 1.807) is 5.56 Å². The lowest BCUT2D eigenvalue weighted by molar-refractivity contribution is 0.188. The van der Waals surface area contributed by atoms with E-state index in [2.05, 4.69) is 44.2 Å². The van der Waals surface area contributed by atoms with Crippen molar-refractivity contribution in [2.75, 3.05) is 0 Å². The van der Waals surface area contributed by atoms with Gasteiger partial charge in [-0.05, 0) is 92.6 Å². The monoisotopic (exact) mass is 449 g/mol. The van der Waals surface area contributed by atoms with E-state index < -0.39 is 0 Å². The van der Waals surface area contributed by atoms with Gasteiger partial charge < -0.3 is 0 Å². The summed E-state index contributed by atoms with van der Waals surface area (Å²) in [5, 5.41) is 9.93. The molecule has 1 nitrogen and oxygen atoms in total. The van der Waals surface area contributed by atoms with Gasteiger partial charge in [0.25, 0.3) is 0 Å². The van der Waals surface area contributed by atoms with Crippen LogP contribution in [0.2, 0.25) is 0 Å². The van der Waals surface area contributed by atoms with Crippen LogP contribution >= 0.6 is 0 Å².